The molecular weight excluding hydrogens is 501 g/mol. The predicted octanol–water partition coefficient (Wildman–Crippen LogP) is 2.26. The van der Waals surface area contributed by atoms with Gasteiger partial charge in [0.25, 0.3) is 0 Å². The average molecular weight is 522 g/mol. The zero-order valence-electron chi connectivity index (χ0n) is 17.8. The molecule has 0 spiro atoms. The van der Waals surface area contributed by atoms with Crippen LogP contribution in [0.5, 0.6) is 0 Å². The normalized spacial score (nSPS) is 12.3. The van der Waals surface area contributed by atoms with Crippen molar-refractivity contribution in [3.05, 3.63) is 66.2 Å². The van der Waals surface area contributed by atoms with E-state index in [4.69, 9.17) is 17.3 Å². The quantitative estimate of drug-likeness (QED) is 0.295. The third-order valence-corrected chi connectivity index (χ3v) is 11.0. The fraction of sp³-hybridized carbons (Fsp3) is 0.130. The van der Waals surface area contributed by atoms with E-state index >= 15 is 0 Å². The second-order valence-electron chi connectivity index (χ2n) is 7.52. The van der Waals surface area contributed by atoms with Crippen LogP contribution < -0.4 is 14.6 Å². The summed E-state index contributed by atoms with van der Waals surface area (Å²) in [5.41, 5.74) is 10.4. The number of nitrogen functional groups attached to an aromatic ring is 1. The number of aryl methyl sites for hydroxylation is 1. The van der Waals surface area contributed by atoms with Crippen LogP contribution in [0.1, 0.15) is 0 Å². The molecule has 10 heteroatoms. The summed E-state index contributed by atoms with van der Waals surface area (Å²) >= 11 is 4.50. The summed E-state index contributed by atoms with van der Waals surface area (Å²) < 4.78 is 3.64. The number of halogens is 1. The molecule has 4 N–H and O–H groups in total. The molecule has 0 saturated carbocycles. The first-order valence-corrected chi connectivity index (χ1v) is 13.9. The van der Waals surface area contributed by atoms with Crippen LogP contribution in [0, 0.1) is 0 Å². The van der Waals surface area contributed by atoms with Crippen molar-refractivity contribution < 1.29 is 5.11 Å². The molecule has 1 aromatic carbocycles. The van der Waals surface area contributed by atoms with Crippen molar-refractivity contribution in [3.8, 4) is 22.4 Å². The fourth-order valence-corrected chi connectivity index (χ4v) is 8.70. The Bertz CT molecular complexity index is 1450. The fourth-order valence-electron chi connectivity index (χ4n) is 3.80. The van der Waals surface area contributed by atoms with Gasteiger partial charge in [-0.1, -0.05) is 0 Å². The molecule has 1 unspecified atom stereocenters. The number of aliphatic hydroxyl groups excluding tert-OH is 1. The van der Waals surface area contributed by atoms with E-state index in [-0.39, 0.29) is 12.6 Å². The minimum absolute atomic E-state index is 0.0515. The molecule has 0 aliphatic rings. The number of nitrogens with zero attached hydrogens (tertiary/aromatic N) is 5. The van der Waals surface area contributed by atoms with Gasteiger partial charge >= 0.3 is 200 Å². The SMILES string of the molecule is Cn1cc(-c2cnc3[nH]cc(-c4cc([As](CCO)c5ccccc5Cl)nc(N)n4)c3c2)cn1. The van der Waals surface area contributed by atoms with E-state index in [0.29, 0.717) is 15.9 Å². The Morgan fingerprint density at radius 3 is 2.76 bits per heavy atom. The van der Waals surface area contributed by atoms with Crippen molar-refractivity contribution in [2.75, 3.05) is 12.3 Å². The van der Waals surface area contributed by atoms with Crippen molar-refractivity contribution in [2.45, 2.75) is 5.21 Å². The number of rotatable bonds is 6. The molecule has 0 aliphatic carbocycles. The van der Waals surface area contributed by atoms with E-state index < -0.39 is 14.7 Å². The molecule has 0 radical (unpaired) electrons. The third kappa shape index (κ3) is 4.25. The maximum absolute atomic E-state index is 9.75. The monoisotopic (exact) mass is 521 g/mol. The van der Waals surface area contributed by atoms with E-state index in [9.17, 15) is 5.11 Å². The summed E-state index contributed by atoms with van der Waals surface area (Å²) in [4.78, 5) is 16.9. The number of fused-ring (bicyclic) bond motifs is 1. The van der Waals surface area contributed by atoms with Gasteiger partial charge in [0.15, 0.2) is 0 Å². The Balaban J connectivity index is 1.62. The maximum atomic E-state index is 9.75. The summed E-state index contributed by atoms with van der Waals surface area (Å²) in [6.45, 7) is 0.0515. The number of hydrogen-bond acceptors (Lipinski definition) is 6. The molecule has 5 rings (SSSR count). The molecule has 0 saturated heterocycles. The number of aromatic amines is 1. The van der Waals surface area contributed by atoms with Gasteiger partial charge in [-0.3, -0.25) is 0 Å². The number of nitrogens with two attached hydrogens (primary N) is 1. The second kappa shape index (κ2) is 8.98. The Kier molecular flexibility index (Phi) is 5.89. The Labute approximate surface area is 199 Å². The molecule has 0 amide bonds. The number of H-pyrrole nitrogens is 1. The average Bonchev–Trinajstić information content (AvgIpc) is 3.43. The van der Waals surface area contributed by atoms with Crippen molar-refractivity contribution >= 4 is 52.1 Å². The van der Waals surface area contributed by atoms with Crippen molar-refractivity contribution in [1.29, 1.82) is 0 Å². The molecule has 4 aromatic heterocycles. The standard InChI is InChI=1S/C23H21AsClN7O/c1-32-13-15(11-29-32)14-8-16-17(12-28-22(16)27-10-14)20-9-21(31-23(26)30-20)24(6-7-33)18-4-2-3-5-19(18)25/h2-5,8-13,33H,6-7H2,1H3,(H,27,28)(H2,26,30,31). The van der Waals surface area contributed by atoms with E-state index in [2.05, 4.69) is 31.1 Å². The Hall–Kier alpha value is -3.19. The van der Waals surface area contributed by atoms with E-state index in [0.717, 1.165) is 36.6 Å². The van der Waals surface area contributed by atoms with Gasteiger partial charge in [-0.15, -0.1) is 0 Å². The number of benzene rings is 1. The molecule has 5 aromatic rings. The van der Waals surface area contributed by atoms with Gasteiger partial charge in [0.2, 0.25) is 0 Å². The van der Waals surface area contributed by atoms with Crippen LogP contribution in [0.2, 0.25) is 10.2 Å². The number of aromatic nitrogens is 6. The van der Waals surface area contributed by atoms with Crippen LogP contribution >= 0.6 is 11.6 Å². The molecule has 33 heavy (non-hydrogen) atoms. The summed E-state index contributed by atoms with van der Waals surface area (Å²) in [5, 5.41) is 16.2. The van der Waals surface area contributed by atoms with Crippen molar-refractivity contribution in [1.82, 2.24) is 29.7 Å². The van der Waals surface area contributed by atoms with Gasteiger partial charge < -0.3 is 0 Å². The number of pyridine rings is 1. The van der Waals surface area contributed by atoms with Gasteiger partial charge in [0, 0.05) is 0 Å². The summed E-state index contributed by atoms with van der Waals surface area (Å²) in [5.74, 6) is 0.192. The second-order valence-corrected chi connectivity index (χ2v) is 12.6. The first kappa shape index (κ1) is 21.6. The number of nitrogens with one attached hydrogen (secondary N) is 1. The molecule has 8 nitrogen and oxygen atoms in total. The Morgan fingerprint density at radius 2 is 2.00 bits per heavy atom. The number of hydrogen-bond donors (Lipinski definition) is 3. The summed E-state index contributed by atoms with van der Waals surface area (Å²) in [6.07, 6.45) is 7.46. The van der Waals surface area contributed by atoms with Crippen LogP contribution in [-0.4, -0.2) is 56.1 Å². The first-order chi connectivity index (χ1) is 16.0. The van der Waals surface area contributed by atoms with Crippen molar-refractivity contribution in [3.63, 3.8) is 0 Å². The van der Waals surface area contributed by atoms with Gasteiger partial charge in [0.1, 0.15) is 0 Å². The molecule has 166 valence electrons. The zero-order chi connectivity index (χ0) is 22.9. The first-order valence-electron chi connectivity index (χ1n) is 10.3. The van der Waals surface area contributed by atoms with Crippen LogP contribution in [0.4, 0.5) is 5.95 Å². The van der Waals surface area contributed by atoms with Gasteiger partial charge in [-0.25, -0.2) is 0 Å². The van der Waals surface area contributed by atoms with Crippen LogP contribution in [-0.2, 0) is 7.05 Å². The van der Waals surface area contributed by atoms with Crippen LogP contribution in [0.15, 0.2) is 61.2 Å². The molecule has 0 aliphatic heterocycles. The molecule has 4 heterocycles. The molecule has 0 bridgehead atoms. The van der Waals surface area contributed by atoms with Crippen molar-refractivity contribution in [2.24, 2.45) is 7.05 Å². The topological polar surface area (TPSA) is 119 Å². The van der Waals surface area contributed by atoms with Gasteiger partial charge in [-0.05, 0) is 0 Å². The number of anilines is 1. The van der Waals surface area contributed by atoms with E-state index in [1.165, 1.54) is 0 Å². The summed E-state index contributed by atoms with van der Waals surface area (Å²) in [7, 11) is 1.88. The zero-order valence-corrected chi connectivity index (χ0v) is 20.4. The summed E-state index contributed by atoms with van der Waals surface area (Å²) in [6, 6.07) is 11.8. The number of aliphatic hydroxyl groups is 1. The van der Waals surface area contributed by atoms with Crippen LogP contribution in [0.3, 0.4) is 0 Å². The molecule has 1 atom stereocenters. The Morgan fingerprint density at radius 1 is 1.15 bits per heavy atom. The van der Waals surface area contributed by atoms with Gasteiger partial charge in [-0.2, -0.15) is 0 Å². The van der Waals surface area contributed by atoms with E-state index in [1.807, 2.05) is 62.2 Å². The minimum atomic E-state index is -2.00. The van der Waals surface area contributed by atoms with Crippen LogP contribution in [0.25, 0.3) is 33.4 Å². The predicted molar refractivity (Wildman–Crippen MR) is 132 cm³/mol. The van der Waals surface area contributed by atoms with Gasteiger partial charge in [0.05, 0.1) is 0 Å². The molecule has 0 fully saturated rings. The third-order valence-electron chi connectivity index (χ3n) is 5.32. The molecular formula is C23H21AsClN7O. The van der Waals surface area contributed by atoms with E-state index in [1.54, 1.807) is 4.68 Å².